The van der Waals surface area contributed by atoms with Gasteiger partial charge in [0.25, 0.3) is 5.91 Å². The minimum Gasteiger partial charge on any atom is -0.309 e. The second-order valence-electron chi connectivity index (χ2n) is 7.91. The number of hydrogen-bond acceptors (Lipinski definition) is 6. The van der Waals surface area contributed by atoms with Crippen molar-refractivity contribution in [1.82, 2.24) is 34.7 Å². The van der Waals surface area contributed by atoms with Gasteiger partial charge in [-0.2, -0.15) is 10.2 Å². The smallest absolute Gasteiger partial charge is 0.256 e. The van der Waals surface area contributed by atoms with E-state index in [2.05, 4.69) is 20.6 Å². The Morgan fingerprint density at radius 2 is 1.85 bits per heavy atom. The number of nitrogens with one attached hydrogen (secondary N) is 2. The molecule has 5 heterocycles. The monoisotopic (exact) mass is 454 g/mol. The fraction of sp³-hybridized carbons (Fsp3) is 0.125. The minimum atomic E-state index is -0.296. The first-order chi connectivity index (χ1) is 16.7. The van der Waals surface area contributed by atoms with Gasteiger partial charge >= 0.3 is 0 Å². The molecule has 0 fully saturated rings. The summed E-state index contributed by atoms with van der Waals surface area (Å²) in [6.45, 7) is 2.22. The Morgan fingerprint density at radius 1 is 1.03 bits per heavy atom. The summed E-state index contributed by atoms with van der Waals surface area (Å²) in [5.74, 6) is -0.180. The minimum absolute atomic E-state index is 0.276. The quantitative estimate of drug-likeness (QED) is 0.433. The Bertz CT molecular complexity index is 1510. The van der Waals surface area contributed by atoms with Crippen LogP contribution in [-0.4, -0.2) is 41.8 Å². The van der Waals surface area contributed by atoms with Crippen LogP contribution in [0.1, 0.15) is 16.1 Å². The number of halogens is 1. The van der Waals surface area contributed by atoms with Crippen molar-refractivity contribution in [3.05, 3.63) is 84.2 Å². The molecule has 0 atom stereocenters. The largest absolute Gasteiger partial charge is 0.309 e. The fourth-order valence-electron chi connectivity index (χ4n) is 4.10. The van der Waals surface area contributed by atoms with Crippen LogP contribution in [0.15, 0.2) is 67.1 Å². The van der Waals surface area contributed by atoms with Crippen LogP contribution in [0.5, 0.6) is 0 Å². The highest BCUT2D eigenvalue weighted by Crippen LogP contribution is 2.34. The van der Waals surface area contributed by atoms with Crippen molar-refractivity contribution in [2.75, 3.05) is 11.9 Å². The highest BCUT2D eigenvalue weighted by atomic mass is 19.1. The van der Waals surface area contributed by atoms with E-state index in [4.69, 9.17) is 10.2 Å². The predicted molar refractivity (Wildman–Crippen MR) is 123 cm³/mol. The van der Waals surface area contributed by atoms with Crippen LogP contribution in [0.4, 0.5) is 10.2 Å². The molecule has 4 aromatic heterocycles. The maximum Gasteiger partial charge on any atom is 0.256 e. The zero-order chi connectivity index (χ0) is 23.1. The molecule has 1 aliphatic rings. The molecule has 6 rings (SSSR count). The molecular weight excluding hydrogens is 435 g/mol. The summed E-state index contributed by atoms with van der Waals surface area (Å²) < 4.78 is 17.1. The summed E-state index contributed by atoms with van der Waals surface area (Å²) in [4.78, 5) is 20.9. The number of fused-ring (bicyclic) bond motifs is 2. The number of pyridine rings is 1. The molecule has 0 saturated heterocycles. The topological polar surface area (TPSA) is 102 Å². The number of carbonyl (C=O) groups excluding carboxylic acids is 1. The van der Waals surface area contributed by atoms with Crippen molar-refractivity contribution < 1.29 is 9.18 Å². The number of amides is 1. The number of hydrogen-bond donors (Lipinski definition) is 2. The van der Waals surface area contributed by atoms with Crippen LogP contribution in [0.2, 0.25) is 0 Å². The van der Waals surface area contributed by atoms with Gasteiger partial charge < -0.3 is 10.6 Å². The number of carbonyl (C=O) groups is 1. The van der Waals surface area contributed by atoms with Crippen LogP contribution in [0.25, 0.3) is 28.2 Å². The van der Waals surface area contributed by atoms with Gasteiger partial charge in [-0.3, -0.25) is 14.5 Å². The Morgan fingerprint density at radius 3 is 2.68 bits per heavy atom. The lowest BCUT2D eigenvalue weighted by atomic mass is 10.0. The molecule has 34 heavy (non-hydrogen) atoms. The first kappa shape index (κ1) is 20.2. The van der Waals surface area contributed by atoms with E-state index in [-0.39, 0.29) is 11.7 Å². The molecule has 0 saturated carbocycles. The van der Waals surface area contributed by atoms with Gasteiger partial charge in [-0.05, 0) is 48.5 Å². The standard InChI is InChI=1S/C24H19FN8O/c25-17-3-1-15(2-4-17)23-22(19-13-27-11-12-32(19)31-23)18-5-6-21-28-20(14-33(21)30-18)29-24(34)16-7-9-26-10-8-16/h1-10,14,27H,11-13H2,(H,29,34). The number of rotatable bonds is 4. The molecule has 1 aromatic carbocycles. The van der Waals surface area contributed by atoms with Gasteiger partial charge in [0.2, 0.25) is 0 Å². The van der Waals surface area contributed by atoms with Crippen LogP contribution in [0, 0.1) is 5.82 Å². The van der Waals surface area contributed by atoms with Crippen LogP contribution in [0.3, 0.4) is 0 Å². The highest BCUT2D eigenvalue weighted by Gasteiger charge is 2.24. The van der Waals surface area contributed by atoms with Crippen LogP contribution < -0.4 is 10.6 Å². The molecule has 0 aliphatic carbocycles. The average molecular weight is 454 g/mol. The summed E-state index contributed by atoms with van der Waals surface area (Å²) in [5, 5.41) is 15.8. The van der Waals surface area contributed by atoms with E-state index < -0.39 is 0 Å². The maximum atomic E-state index is 13.5. The van der Waals surface area contributed by atoms with E-state index >= 15 is 0 Å². The molecule has 5 aromatic rings. The third-order valence-corrected chi connectivity index (χ3v) is 5.73. The maximum absolute atomic E-state index is 13.5. The van der Waals surface area contributed by atoms with Gasteiger partial charge in [0, 0.05) is 36.6 Å². The van der Waals surface area contributed by atoms with Gasteiger partial charge in [0.1, 0.15) is 11.5 Å². The van der Waals surface area contributed by atoms with E-state index in [1.165, 1.54) is 12.1 Å². The summed E-state index contributed by atoms with van der Waals surface area (Å²) in [5.41, 5.74) is 5.26. The van der Waals surface area contributed by atoms with Crippen molar-refractivity contribution in [3.63, 3.8) is 0 Å². The Kier molecular flexibility index (Phi) is 4.84. The zero-order valence-electron chi connectivity index (χ0n) is 17.9. The molecule has 0 spiro atoms. The number of aromatic nitrogens is 6. The van der Waals surface area contributed by atoms with E-state index in [0.717, 1.165) is 35.6 Å². The second kappa shape index (κ2) is 8.16. The molecule has 0 unspecified atom stereocenters. The molecule has 168 valence electrons. The van der Waals surface area contributed by atoms with Gasteiger partial charge in [-0.15, -0.1) is 0 Å². The van der Waals surface area contributed by atoms with E-state index in [1.807, 2.05) is 16.8 Å². The van der Waals surface area contributed by atoms with Crippen LogP contribution >= 0.6 is 0 Å². The van der Waals surface area contributed by atoms with Gasteiger partial charge in [0.15, 0.2) is 11.5 Å². The molecule has 0 radical (unpaired) electrons. The summed E-state index contributed by atoms with van der Waals surface area (Å²) in [7, 11) is 0. The van der Waals surface area contributed by atoms with Gasteiger partial charge in [-0.25, -0.2) is 13.9 Å². The number of imidazole rings is 1. The van der Waals surface area contributed by atoms with Crippen molar-refractivity contribution in [3.8, 4) is 22.5 Å². The van der Waals surface area contributed by atoms with Crippen molar-refractivity contribution in [2.45, 2.75) is 13.1 Å². The lowest BCUT2D eigenvalue weighted by molar-refractivity contribution is 0.102. The third-order valence-electron chi connectivity index (χ3n) is 5.73. The summed E-state index contributed by atoms with van der Waals surface area (Å²) in [6.07, 6.45) is 4.79. The van der Waals surface area contributed by atoms with Crippen molar-refractivity contribution >= 4 is 17.4 Å². The van der Waals surface area contributed by atoms with Gasteiger partial charge in [0.05, 0.1) is 29.7 Å². The van der Waals surface area contributed by atoms with Crippen molar-refractivity contribution in [1.29, 1.82) is 0 Å². The molecule has 1 amide bonds. The van der Waals surface area contributed by atoms with Gasteiger partial charge in [-0.1, -0.05) is 0 Å². The lowest BCUT2D eigenvalue weighted by Crippen LogP contribution is -2.28. The average Bonchev–Trinajstić information content (AvgIpc) is 3.45. The summed E-state index contributed by atoms with van der Waals surface area (Å²) in [6, 6.07) is 13.3. The Labute approximate surface area is 193 Å². The Balaban J connectivity index is 1.40. The molecule has 0 bridgehead atoms. The molecule has 1 aliphatic heterocycles. The first-order valence-electron chi connectivity index (χ1n) is 10.8. The van der Waals surface area contributed by atoms with Crippen LogP contribution in [-0.2, 0) is 13.1 Å². The normalized spacial score (nSPS) is 13.1. The predicted octanol–water partition coefficient (Wildman–Crippen LogP) is 3.15. The third kappa shape index (κ3) is 3.59. The van der Waals surface area contributed by atoms with Crippen molar-refractivity contribution in [2.24, 2.45) is 0 Å². The van der Waals surface area contributed by atoms with E-state index in [1.54, 1.807) is 47.4 Å². The van der Waals surface area contributed by atoms with E-state index in [0.29, 0.717) is 29.3 Å². The SMILES string of the molecule is O=C(Nc1cn2nc(-c3c(-c4ccc(F)cc4)nn4c3CNCC4)ccc2n1)c1ccncc1. The molecule has 9 nitrogen and oxygen atoms in total. The number of nitrogens with zero attached hydrogens (tertiary/aromatic N) is 6. The molecule has 10 heteroatoms. The molecular formula is C24H19FN8O. The second-order valence-corrected chi connectivity index (χ2v) is 7.91. The fourth-order valence-corrected chi connectivity index (χ4v) is 4.10. The molecule has 2 N–H and O–H groups in total. The number of anilines is 1. The first-order valence-corrected chi connectivity index (χ1v) is 10.8. The Hall–Kier alpha value is -4.44. The zero-order valence-corrected chi connectivity index (χ0v) is 17.9. The number of benzene rings is 1. The highest BCUT2D eigenvalue weighted by molar-refractivity contribution is 6.03. The summed E-state index contributed by atoms with van der Waals surface area (Å²) >= 11 is 0. The van der Waals surface area contributed by atoms with E-state index in [9.17, 15) is 9.18 Å². The lowest BCUT2D eigenvalue weighted by Gasteiger charge is -2.15.